The first-order chi connectivity index (χ1) is 17.0. The Morgan fingerprint density at radius 1 is 1.22 bits per heavy atom. The molecule has 0 unspecified atom stereocenters. The lowest BCUT2D eigenvalue weighted by molar-refractivity contribution is -0.139. The van der Waals surface area contributed by atoms with Gasteiger partial charge in [0.25, 0.3) is 11.5 Å². The molecule has 36 heavy (non-hydrogen) atoms. The molecule has 9 nitrogen and oxygen atoms in total. The number of methoxy groups -OCH3 is 1. The van der Waals surface area contributed by atoms with Crippen LogP contribution in [0.15, 0.2) is 44.5 Å². The number of ether oxygens (including phenoxy) is 1. The molecule has 2 amide bonds. The number of hydrogen-bond donors (Lipinski definition) is 2. The van der Waals surface area contributed by atoms with Gasteiger partial charge in [0.05, 0.1) is 24.1 Å². The lowest BCUT2D eigenvalue weighted by Gasteiger charge is -2.36. The molecule has 2 N–H and O–H groups in total. The first-order valence-electron chi connectivity index (χ1n) is 11.0. The van der Waals surface area contributed by atoms with Gasteiger partial charge in [-0.2, -0.15) is 5.16 Å². The average molecular weight is 521 g/mol. The molecule has 0 saturated heterocycles. The monoisotopic (exact) mass is 520 g/mol. The first-order valence-corrected chi connectivity index (χ1v) is 13.8. The summed E-state index contributed by atoms with van der Waals surface area (Å²) in [5.41, 5.74) is 0.466. The number of carbonyl (C=O) groups is 2. The highest BCUT2D eigenvalue weighted by Gasteiger charge is 2.37. The molecule has 3 aromatic rings. The van der Waals surface area contributed by atoms with Crippen LogP contribution < -0.4 is 15.6 Å². The summed E-state index contributed by atoms with van der Waals surface area (Å²) in [7, 11) is -0.227. The molecule has 0 spiro atoms. The third-order valence-corrected chi connectivity index (χ3v) is 7.35. The third-order valence-electron chi connectivity index (χ3n) is 5.74. The normalized spacial score (nSPS) is 15.8. The number of carbonyl (C=O) groups excluding carboxylic acids is 2. The number of aromatic nitrogens is 2. The molecule has 12 heteroatoms. The van der Waals surface area contributed by atoms with Gasteiger partial charge in [-0.05, 0) is 37.0 Å². The van der Waals surface area contributed by atoms with Gasteiger partial charge < -0.3 is 19.5 Å². The number of fused-ring (bicyclic) bond motifs is 1. The first kappa shape index (κ1) is 25.4. The van der Waals surface area contributed by atoms with E-state index in [1.807, 2.05) is 0 Å². The van der Waals surface area contributed by atoms with Gasteiger partial charge in [0.2, 0.25) is 11.8 Å². The van der Waals surface area contributed by atoms with Crippen LogP contribution in [0.2, 0.25) is 0 Å². The molecule has 4 rings (SSSR count). The van der Waals surface area contributed by atoms with Crippen molar-refractivity contribution in [1.29, 1.82) is 0 Å². The molecular weight excluding hydrogens is 494 g/mol. The Bertz CT molecular complexity index is 1360. The predicted molar refractivity (Wildman–Crippen MR) is 131 cm³/mol. The van der Waals surface area contributed by atoms with E-state index in [4.69, 9.17) is 9.26 Å². The highest BCUT2D eigenvalue weighted by molar-refractivity contribution is 8.32. The van der Waals surface area contributed by atoms with Crippen LogP contribution in [0, 0.1) is 11.6 Å². The van der Waals surface area contributed by atoms with Crippen molar-refractivity contribution in [2.24, 2.45) is 0 Å². The Kier molecular flexibility index (Phi) is 6.90. The average Bonchev–Trinajstić information content (AvgIpc) is 3.20. The van der Waals surface area contributed by atoms with Crippen molar-refractivity contribution >= 4 is 27.5 Å². The molecule has 1 aliphatic heterocycles. The fourth-order valence-corrected chi connectivity index (χ4v) is 5.50. The number of amides is 2. The summed E-state index contributed by atoms with van der Waals surface area (Å²) in [6.45, 7) is 0.147. The summed E-state index contributed by atoms with van der Waals surface area (Å²) in [5, 5.41) is 4.68. The van der Waals surface area contributed by atoms with Crippen LogP contribution in [0.25, 0.3) is 0 Å². The standard InChI is InChI=1S/C24H26F2N4O5S/c1-34-20-6-5-15-18(28-20)7-8-30(21(32)12-14-11-19(31)29-35-14)22(15)24(33)27-13-9-16(25)23(17(26)10-13)36(2,3)4/h5-6,9-11,22H,7-8,12H2,1-4H3,(H,27,33)(H,29,31)/t22-/m1/s1. The van der Waals surface area contributed by atoms with Gasteiger partial charge in [-0.25, -0.2) is 23.8 Å². The largest absolute Gasteiger partial charge is 0.481 e. The second-order valence-corrected chi connectivity index (χ2v) is 13.2. The molecule has 0 bridgehead atoms. The van der Waals surface area contributed by atoms with Crippen LogP contribution in [0.3, 0.4) is 0 Å². The summed E-state index contributed by atoms with van der Waals surface area (Å²) in [6.07, 6.45) is 5.40. The van der Waals surface area contributed by atoms with Gasteiger partial charge in [0.15, 0.2) is 0 Å². The van der Waals surface area contributed by atoms with Gasteiger partial charge in [-0.3, -0.25) is 14.4 Å². The fourth-order valence-electron chi connectivity index (χ4n) is 4.22. The fraction of sp³-hybridized carbons (Fsp3) is 0.333. The van der Waals surface area contributed by atoms with E-state index in [1.165, 1.54) is 12.0 Å². The molecule has 2 aromatic heterocycles. The van der Waals surface area contributed by atoms with E-state index < -0.39 is 45.1 Å². The van der Waals surface area contributed by atoms with Gasteiger partial charge in [-0.15, -0.1) is 0 Å². The number of nitrogens with one attached hydrogen (secondary N) is 2. The van der Waals surface area contributed by atoms with Gasteiger partial charge in [-0.1, -0.05) is 0 Å². The number of anilines is 1. The maximum absolute atomic E-state index is 14.8. The zero-order chi connectivity index (χ0) is 26.2. The Hall–Kier alpha value is -3.67. The summed E-state index contributed by atoms with van der Waals surface area (Å²) in [4.78, 5) is 43.7. The van der Waals surface area contributed by atoms with Crippen molar-refractivity contribution in [3.05, 3.63) is 69.3 Å². The summed E-state index contributed by atoms with van der Waals surface area (Å²) < 4.78 is 39.7. The smallest absolute Gasteiger partial charge is 0.280 e. The molecule has 0 saturated carbocycles. The molecule has 192 valence electrons. The number of hydrogen-bond acceptors (Lipinski definition) is 6. The second-order valence-electron chi connectivity index (χ2n) is 9.08. The second kappa shape index (κ2) is 9.76. The van der Waals surface area contributed by atoms with Gasteiger partial charge >= 0.3 is 0 Å². The van der Waals surface area contributed by atoms with Crippen LogP contribution in [-0.2, 0) is 22.4 Å². The molecule has 1 aromatic carbocycles. The lowest BCUT2D eigenvalue weighted by atomic mass is 9.95. The van der Waals surface area contributed by atoms with Crippen molar-refractivity contribution in [1.82, 2.24) is 15.0 Å². The van der Waals surface area contributed by atoms with E-state index in [0.29, 0.717) is 23.6 Å². The number of rotatable bonds is 6. The topological polar surface area (TPSA) is 118 Å². The molecule has 3 heterocycles. The van der Waals surface area contributed by atoms with Gasteiger partial charge in [0, 0.05) is 36.3 Å². The maximum Gasteiger partial charge on any atom is 0.280 e. The Morgan fingerprint density at radius 2 is 1.92 bits per heavy atom. The number of H-pyrrole nitrogens is 1. The molecule has 0 aliphatic carbocycles. The van der Waals surface area contributed by atoms with Gasteiger partial charge in [0.1, 0.15) is 23.4 Å². The van der Waals surface area contributed by atoms with E-state index in [1.54, 1.807) is 30.9 Å². The Balaban J connectivity index is 1.68. The minimum atomic E-state index is -1.69. The van der Waals surface area contributed by atoms with Crippen LogP contribution in [0.4, 0.5) is 14.5 Å². The van der Waals surface area contributed by atoms with Crippen molar-refractivity contribution < 1.29 is 27.6 Å². The zero-order valence-electron chi connectivity index (χ0n) is 20.2. The van der Waals surface area contributed by atoms with Crippen LogP contribution in [0.5, 0.6) is 5.88 Å². The third kappa shape index (κ3) is 5.13. The quantitative estimate of drug-likeness (QED) is 0.516. The minimum Gasteiger partial charge on any atom is -0.481 e. The van der Waals surface area contributed by atoms with E-state index >= 15 is 0 Å². The number of pyridine rings is 1. The lowest BCUT2D eigenvalue weighted by Crippen LogP contribution is -2.46. The van der Waals surface area contributed by atoms with Crippen molar-refractivity contribution in [2.45, 2.75) is 23.8 Å². The zero-order valence-corrected chi connectivity index (χ0v) is 21.0. The molecule has 0 radical (unpaired) electrons. The molecule has 1 atom stereocenters. The van der Waals surface area contributed by atoms with E-state index in [2.05, 4.69) is 15.5 Å². The predicted octanol–water partition coefficient (Wildman–Crippen LogP) is 3.01. The van der Waals surface area contributed by atoms with Crippen molar-refractivity contribution in [3.8, 4) is 5.88 Å². The van der Waals surface area contributed by atoms with E-state index in [9.17, 15) is 23.2 Å². The summed E-state index contributed by atoms with van der Waals surface area (Å²) in [6, 6.07) is 5.37. The van der Waals surface area contributed by atoms with Crippen LogP contribution >= 0.6 is 10.0 Å². The van der Waals surface area contributed by atoms with Crippen molar-refractivity contribution in [3.63, 3.8) is 0 Å². The minimum absolute atomic E-state index is 0.00962. The molecular formula is C24H26F2N4O5S. The van der Waals surface area contributed by atoms with E-state index in [0.717, 1.165) is 18.2 Å². The summed E-state index contributed by atoms with van der Waals surface area (Å²) in [5.74, 6) is -2.17. The number of benzene rings is 1. The number of halogens is 2. The Morgan fingerprint density at radius 3 is 2.50 bits per heavy atom. The highest BCUT2D eigenvalue weighted by Crippen LogP contribution is 2.48. The maximum atomic E-state index is 14.8. The SMILES string of the molecule is COc1ccc2c(n1)CCN(C(=O)Cc1cc(=O)[nH]o1)[C@H]2C(=O)Nc1cc(F)c(S(C)(C)C)c(F)c1. The Labute approximate surface area is 207 Å². The van der Waals surface area contributed by atoms with Crippen LogP contribution in [-0.4, -0.2) is 59.3 Å². The number of aromatic amines is 1. The van der Waals surface area contributed by atoms with Crippen LogP contribution in [0.1, 0.15) is 23.1 Å². The van der Waals surface area contributed by atoms with Crippen molar-refractivity contribution in [2.75, 3.05) is 37.7 Å². The highest BCUT2D eigenvalue weighted by atomic mass is 32.3. The molecule has 1 aliphatic rings. The molecule has 0 fully saturated rings. The summed E-state index contributed by atoms with van der Waals surface area (Å²) >= 11 is 0. The van der Waals surface area contributed by atoms with E-state index in [-0.39, 0.29) is 29.3 Å². The number of nitrogens with zero attached hydrogens (tertiary/aromatic N) is 2.